The molecule has 1 aromatic carbocycles. The second-order valence-electron chi connectivity index (χ2n) is 6.40. The van der Waals surface area contributed by atoms with Gasteiger partial charge in [0.2, 0.25) is 0 Å². The zero-order valence-corrected chi connectivity index (χ0v) is 13.6. The SMILES string of the molecule is [CH2][C@H]1C[C@@H](Nc2ncnc3c2nc(-c2ccccc2)n3C)C[C@@H]1O. The van der Waals surface area contributed by atoms with Gasteiger partial charge in [-0.15, -0.1) is 0 Å². The molecule has 1 aliphatic carbocycles. The molecule has 0 saturated heterocycles. The molecule has 0 amide bonds. The fourth-order valence-corrected chi connectivity index (χ4v) is 3.36. The molecule has 1 aliphatic rings. The number of rotatable bonds is 3. The molecule has 3 aromatic rings. The standard InChI is InChI=1S/C18H20N5O/c1-11-8-13(9-14(11)24)21-16-15-18(20-10-19-16)23(2)17(22-15)12-6-4-3-5-7-12/h3-7,10-11,13-14,24H,1,8-9H2,2H3,(H,19,20,21)/t11-,13+,14-/m0/s1. The summed E-state index contributed by atoms with van der Waals surface area (Å²) < 4.78 is 1.98. The van der Waals surface area contributed by atoms with Gasteiger partial charge in [-0.1, -0.05) is 30.3 Å². The van der Waals surface area contributed by atoms with Crippen LogP contribution in [0.25, 0.3) is 22.6 Å². The molecule has 1 saturated carbocycles. The quantitative estimate of drug-likeness (QED) is 0.774. The van der Waals surface area contributed by atoms with Crippen LogP contribution in [0.5, 0.6) is 0 Å². The summed E-state index contributed by atoms with van der Waals surface area (Å²) in [5, 5.41) is 13.3. The number of imidazole rings is 1. The van der Waals surface area contributed by atoms with E-state index in [0.717, 1.165) is 29.0 Å². The summed E-state index contributed by atoms with van der Waals surface area (Å²) in [5.41, 5.74) is 2.58. The van der Waals surface area contributed by atoms with E-state index in [4.69, 9.17) is 4.98 Å². The first kappa shape index (κ1) is 15.1. The van der Waals surface area contributed by atoms with Crippen LogP contribution in [0.4, 0.5) is 5.82 Å². The van der Waals surface area contributed by atoms with Gasteiger partial charge in [0, 0.05) is 18.7 Å². The Hall–Kier alpha value is -2.47. The van der Waals surface area contributed by atoms with E-state index in [0.29, 0.717) is 12.2 Å². The molecule has 2 aromatic heterocycles. The second-order valence-corrected chi connectivity index (χ2v) is 6.40. The number of aliphatic hydroxyl groups excluding tert-OH is 1. The predicted molar refractivity (Wildman–Crippen MR) is 93.2 cm³/mol. The first-order chi connectivity index (χ1) is 11.6. The monoisotopic (exact) mass is 322 g/mol. The lowest BCUT2D eigenvalue weighted by Crippen LogP contribution is -2.17. The highest BCUT2D eigenvalue weighted by molar-refractivity contribution is 5.86. The molecule has 6 heteroatoms. The van der Waals surface area contributed by atoms with Gasteiger partial charge in [-0.2, -0.15) is 0 Å². The Labute approximate surface area is 140 Å². The number of aryl methyl sites for hydroxylation is 1. The smallest absolute Gasteiger partial charge is 0.165 e. The summed E-state index contributed by atoms with van der Waals surface area (Å²) in [6.07, 6.45) is 2.69. The number of hydrogen-bond acceptors (Lipinski definition) is 5. The van der Waals surface area contributed by atoms with E-state index >= 15 is 0 Å². The van der Waals surface area contributed by atoms with E-state index in [1.165, 1.54) is 0 Å². The summed E-state index contributed by atoms with van der Waals surface area (Å²) in [6, 6.07) is 10.2. The van der Waals surface area contributed by atoms with Crippen LogP contribution in [0.2, 0.25) is 0 Å². The molecule has 2 N–H and O–H groups in total. The van der Waals surface area contributed by atoms with Gasteiger partial charge >= 0.3 is 0 Å². The van der Waals surface area contributed by atoms with E-state index in [9.17, 15) is 5.11 Å². The lowest BCUT2D eigenvalue weighted by molar-refractivity contribution is 0.151. The summed E-state index contributed by atoms with van der Waals surface area (Å²) >= 11 is 0. The fraction of sp³-hybridized carbons (Fsp3) is 0.333. The maximum atomic E-state index is 9.90. The Morgan fingerprint density at radius 2 is 2.00 bits per heavy atom. The highest BCUT2D eigenvalue weighted by atomic mass is 16.3. The molecular formula is C18H20N5O. The molecule has 0 spiro atoms. The number of aliphatic hydroxyl groups is 1. The Balaban J connectivity index is 1.73. The van der Waals surface area contributed by atoms with Crippen molar-refractivity contribution in [3.05, 3.63) is 43.6 Å². The highest BCUT2D eigenvalue weighted by Crippen LogP contribution is 2.30. The second kappa shape index (κ2) is 5.87. The number of nitrogens with zero attached hydrogens (tertiary/aromatic N) is 4. The van der Waals surface area contributed by atoms with Crippen LogP contribution in [-0.2, 0) is 7.05 Å². The van der Waals surface area contributed by atoms with Crippen molar-refractivity contribution in [2.45, 2.75) is 25.0 Å². The number of aromatic nitrogens is 4. The molecule has 0 aliphatic heterocycles. The minimum Gasteiger partial charge on any atom is -0.393 e. The number of anilines is 1. The van der Waals surface area contributed by atoms with Gasteiger partial charge < -0.3 is 15.0 Å². The Morgan fingerprint density at radius 1 is 1.21 bits per heavy atom. The predicted octanol–water partition coefficient (Wildman–Crippen LogP) is 2.42. The van der Waals surface area contributed by atoms with E-state index in [1.807, 2.05) is 41.9 Å². The molecule has 1 fully saturated rings. The molecular weight excluding hydrogens is 302 g/mol. The summed E-state index contributed by atoms with van der Waals surface area (Å²) in [7, 11) is 1.96. The van der Waals surface area contributed by atoms with Crippen LogP contribution in [0.3, 0.4) is 0 Å². The van der Waals surface area contributed by atoms with Crippen molar-refractivity contribution in [1.29, 1.82) is 0 Å². The summed E-state index contributed by atoms with van der Waals surface area (Å²) in [4.78, 5) is 13.5. The van der Waals surface area contributed by atoms with Crippen molar-refractivity contribution in [1.82, 2.24) is 19.5 Å². The van der Waals surface area contributed by atoms with Gasteiger partial charge in [0.05, 0.1) is 6.10 Å². The van der Waals surface area contributed by atoms with Gasteiger partial charge in [-0.25, -0.2) is 15.0 Å². The lowest BCUT2D eigenvalue weighted by Gasteiger charge is -2.12. The number of fused-ring (bicyclic) bond motifs is 1. The number of hydrogen-bond donors (Lipinski definition) is 2. The largest absolute Gasteiger partial charge is 0.393 e. The fourth-order valence-electron chi connectivity index (χ4n) is 3.36. The number of nitrogens with one attached hydrogen (secondary N) is 1. The van der Waals surface area contributed by atoms with Gasteiger partial charge in [0.1, 0.15) is 12.2 Å². The van der Waals surface area contributed by atoms with Crippen LogP contribution >= 0.6 is 0 Å². The summed E-state index contributed by atoms with van der Waals surface area (Å²) in [5.74, 6) is 1.63. The van der Waals surface area contributed by atoms with Gasteiger partial charge in [0.15, 0.2) is 17.0 Å². The topological polar surface area (TPSA) is 75.9 Å². The maximum Gasteiger partial charge on any atom is 0.165 e. The lowest BCUT2D eigenvalue weighted by atomic mass is 10.1. The van der Waals surface area contributed by atoms with Crippen molar-refractivity contribution >= 4 is 17.0 Å². The third-order valence-corrected chi connectivity index (χ3v) is 4.69. The zero-order valence-electron chi connectivity index (χ0n) is 13.6. The number of benzene rings is 1. The minimum absolute atomic E-state index is 0.0587. The average molecular weight is 322 g/mol. The van der Waals surface area contributed by atoms with Crippen LogP contribution in [-0.4, -0.2) is 36.8 Å². The van der Waals surface area contributed by atoms with Crippen LogP contribution in [0.15, 0.2) is 36.7 Å². The third kappa shape index (κ3) is 2.53. The molecule has 6 nitrogen and oxygen atoms in total. The van der Waals surface area contributed by atoms with Crippen molar-refractivity contribution in [3.8, 4) is 11.4 Å². The molecule has 4 rings (SSSR count). The van der Waals surface area contributed by atoms with E-state index in [1.54, 1.807) is 6.33 Å². The molecule has 0 unspecified atom stereocenters. The minimum atomic E-state index is -0.358. The normalized spacial score (nSPS) is 23.7. The van der Waals surface area contributed by atoms with Crippen LogP contribution < -0.4 is 5.32 Å². The van der Waals surface area contributed by atoms with Crippen molar-refractivity contribution in [3.63, 3.8) is 0 Å². The summed E-state index contributed by atoms with van der Waals surface area (Å²) in [6.45, 7) is 3.99. The van der Waals surface area contributed by atoms with E-state index < -0.39 is 0 Å². The highest BCUT2D eigenvalue weighted by Gasteiger charge is 2.30. The third-order valence-electron chi connectivity index (χ3n) is 4.69. The van der Waals surface area contributed by atoms with Gasteiger partial charge in [0.25, 0.3) is 0 Å². The first-order valence-electron chi connectivity index (χ1n) is 8.14. The first-order valence-corrected chi connectivity index (χ1v) is 8.14. The molecule has 1 radical (unpaired) electrons. The Bertz CT molecular complexity index is 850. The molecule has 123 valence electrons. The van der Waals surface area contributed by atoms with Crippen molar-refractivity contribution < 1.29 is 5.11 Å². The van der Waals surface area contributed by atoms with E-state index in [-0.39, 0.29) is 18.1 Å². The molecule has 0 bridgehead atoms. The van der Waals surface area contributed by atoms with Gasteiger partial charge in [-0.3, -0.25) is 0 Å². The Morgan fingerprint density at radius 3 is 2.71 bits per heavy atom. The maximum absolute atomic E-state index is 9.90. The Kier molecular flexibility index (Phi) is 3.69. The van der Waals surface area contributed by atoms with Crippen LogP contribution in [0, 0.1) is 12.8 Å². The molecule has 2 heterocycles. The molecule has 3 atom stereocenters. The van der Waals surface area contributed by atoms with E-state index in [2.05, 4.69) is 22.2 Å². The molecule has 24 heavy (non-hydrogen) atoms. The van der Waals surface area contributed by atoms with Gasteiger partial charge in [-0.05, 0) is 25.7 Å². The average Bonchev–Trinajstić information content (AvgIpc) is 3.09. The van der Waals surface area contributed by atoms with Crippen molar-refractivity contribution in [2.75, 3.05) is 5.32 Å². The van der Waals surface area contributed by atoms with Crippen molar-refractivity contribution in [2.24, 2.45) is 13.0 Å². The zero-order chi connectivity index (χ0) is 16.7. The van der Waals surface area contributed by atoms with Crippen LogP contribution in [0.1, 0.15) is 12.8 Å².